The summed E-state index contributed by atoms with van der Waals surface area (Å²) in [5.41, 5.74) is 0.0474. The van der Waals surface area contributed by atoms with Crippen LogP contribution in [0.4, 0.5) is 0 Å². The Morgan fingerprint density at radius 2 is 1.74 bits per heavy atom. The molecule has 142 valence electrons. The van der Waals surface area contributed by atoms with Crippen molar-refractivity contribution in [2.45, 2.75) is 31.7 Å². The Balaban J connectivity index is 2.09. The molecule has 2 rings (SSSR count). The zero-order chi connectivity index (χ0) is 19.9. The molecule has 27 heavy (non-hydrogen) atoms. The summed E-state index contributed by atoms with van der Waals surface area (Å²) in [6.07, 6.45) is -0.261. The maximum atomic E-state index is 12.4. The number of carbonyl (C=O) groups is 3. The molecule has 0 aromatic heterocycles. The van der Waals surface area contributed by atoms with Gasteiger partial charge in [0.2, 0.25) is 5.91 Å². The summed E-state index contributed by atoms with van der Waals surface area (Å²) in [7, 11) is 1.52. The molecule has 2 aromatic rings. The van der Waals surface area contributed by atoms with Crippen molar-refractivity contribution in [3.05, 3.63) is 65.7 Å². The number of carboxylic acids is 1. The highest BCUT2D eigenvalue weighted by Gasteiger charge is 2.32. The monoisotopic (exact) mass is 369 g/mol. The van der Waals surface area contributed by atoms with Crippen LogP contribution in [0.5, 0.6) is 5.75 Å². The summed E-state index contributed by atoms with van der Waals surface area (Å²) in [4.78, 5) is 35.9. The third-order valence-corrected chi connectivity index (χ3v) is 4.30. The number of methoxy groups -OCH3 is 1. The molecule has 0 fully saturated rings. The van der Waals surface area contributed by atoms with Gasteiger partial charge in [0.25, 0.3) is 0 Å². The summed E-state index contributed by atoms with van der Waals surface area (Å²) in [6, 6.07) is 15.6. The number of hydrogen-bond acceptors (Lipinski definition) is 4. The lowest BCUT2D eigenvalue weighted by Gasteiger charge is -2.30. The van der Waals surface area contributed by atoms with Crippen molar-refractivity contribution in [1.29, 1.82) is 0 Å². The number of ketones is 1. The lowest BCUT2D eigenvalue weighted by atomic mass is 9.88. The molecule has 0 bridgehead atoms. The zero-order valence-electron chi connectivity index (χ0n) is 15.4. The first-order valence-corrected chi connectivity index (χ1v) is 8.59. The van der Waals surface area contributed by atoms with Crippen LogP contribution in [0.1, 0.15) is 42.1 Å². The van der Waals surface area contributed by atoms with E-state index in [-0.39, 0.29) is 31.0 Å². The van der Waals surface area contributed by atoms with Crippen LogP contribution in [0.2, 0.25) is 0 Å². The summed E-state index contributed by atoms with van der Waals surface area (Å²) in [6.45, 7) is 1.65. The van der Waals surface area contributed by atoms with E-state index in [2.05, 4.69) is 5.32 Å². The summed E-state index contributed by atoms with van der Waals surface area (Å²) >= 11 is 0. The minimum atomic E-state index is -1.12. The van der Waals surface area contributed by atoms with E-state index < -0.39 is 11.5 Å². The molecular formula is C21H23NO5. The van der Waals surface area contributed by atoms with E-state index in [1.165, 1.54) is 7.11 Å². The van der Waals surface area contributed by atoms with Gasteiger partial charge in [0.1, 0.15) is 5.75 Å². The van der Waals surface area contributed by atoms with Gasteiger partial charge in [-0.25, -0.2) is 0 Å². The van der Waals surface area contributed by atoms with E-state index in [1.54, 1.807) is 55.5 Å². The predicted molar refractivity (Wildman–Crippen MR) is 101 cm³/mol. The largest absolute Gasteiger partial charge is 0.497 e. The average molecular weight is 369 g/mol. The van der Waals surface area contributed by atoms with Gasteiger partial charge in [0.05, 0.1) is 19.1 Å². The number of aliphatic carboxylic acids is 1. The van der Waals surface area contributed by atoms with Crippen LogP contribution in [-0.4, -0.2) is 29.9 Å². The molecule has 0 saturated heterocycles. The fourth-order valence-electron chi connectivity index (χ4n) is 2.85. The van der Waals surface area contributed by atoms with Gasteiger partial charge < -0.3 is 15.2 Å². The van der Waals surface area contributed by atoms with E-state index in [1.807, 2.05) is 6.07 Å². The Kier molecular flexibility index (Phi) is 6.71. The number of amides is 1. The first-order chi connectivity index (χ1) is 12.8. The summed E-state index contributed by atoms with van der Waals surface area (Å²) in [5, 5.41) is 12.1. The van der Waals surface area contributed by atoms with Gasteiger partial charge in [-0.15, -0.1) is 0 Å². The van der Waals surface area contributed by atoms with Crippen LogP contribution >= 0.6 is 0 Å². The quantitative estimate of drug-likeness (QED) is 0.662. The second-order valence-electron chi connectivity index (χ2n) is 6.47. The lowest BCUT2D eigenvalue weighted by molar-refractivity contribution is -0.139. The van der Waals surface area contributed by atoms with E-state index >= 15 is 0 Å². The van der Waals surface area contributed by atoms with Crippen LogP contribution in [0.3, 0.4) is 0 Å². The van der Waals surface area contributed by atoms with E-state index in [0.29, 0.717) is 16.9 Å². The Labute approximate surface area is 158 Å². The Hall–Kier alpha value is -3.15. The average Bonchev–Trinajstić information content (AvgIpc) is 2.66. The zero-order valence-corrected chi connectivity index (χ0v) is 15.4. The maximum absolute atomic E-state index is 12.4. The number of rotatable bonds is 9. The SMILES string of the molecule is COc1cccc(C(C)(CC(=O)O)NC(=O)CCC(=O)c2ccccc2)c1. The summed E-state index contributed by atoms with van der Waals surface area (Å²) < 4.78 is 5.18. The number of Topliss-reactive ketones (excluding diaryl/α,β-unsaturated/α-hetero) is 1. The van der Waals surface area contributed by atoms with Crippen LogP contribution in [0.15, 0.2) is 54.6 Å². The Morgan fingerprint density at radius 1 is 1.04 bits per heavy atom. The molecule has 0 aliphatic heterocycles. The van der Waals surface area contributed by atoms with Crippen molar-refractivity contribution in [1.82, 2.24) is 5.32 Å². The number of benzene rings is 2. The van der Waals surface area contributed by atoms with Crippen LogP contribution < -0.4 is 10.1 Å². The molecule has 0 spiro atoms. The van der Waals surface area contributed by atoms with Gasteiger partial charge in [-0.05, 0) is 24.6 Å². The molecule has 1 unspecified atom stereocenters. The van der Waals surface area contributed by atoms with Gasteiger partial charge in [0.15, 0.2) is 5.78 Å². The maximum Gasteiger partial charge on any atom is 0.306 e. The van der Waals surface area contributed by atoms with Crippen LogP contribution in [0, 0.1) is 0 Å². The number of carbonyl (C=O) groups excluding carboxylic acids is 2. The molecule has 0 radical (unpaired) electrons. The Morgan fingerprint density at radius 3 is 2.37 bits per heavy atom. The van der Waals surface area contributed by atoms with E-state index in [4.69, 9.17) is 4.74 Å². The van der Waals surface area contributed by atoms with Crippen molar-refractivity contribution in [2.75, 3.05) is 7.11 Å². The predicted octanol–water partition coefficient (Wildman–Crippen LogP) is 3.16. The van der Waals surface area contributed by atoms with Crippen LogP contribution in [-0.2, 0) is 15.1 Å². The van der Waals surface area contributed by atoms with Gasteiger partial charge in [-0.1, -0.05) is 42.5 Å². The lowest BCUT2D eigenvalue weighted by Crippen LogP contribution is -2.45. The fraction of sp³-hybridized carbons (Fsp3) is 0.286. The number of carboxylic acid groups (broad SMARTS) is 1. The molecular weight excluding hydrogens is 346 g/mol. The molecule has 2 aromatic carbocycles. The van der Waals surface area contributed by atoms with Crippen molar-refractivity contribution >= 4 is 17.7 Å². The van der Waals surface area contributed by atoms with Gasteiger partial charge in [0, 0.05) is 18.4 Å². The third kappa shape index (κ3) is 5.67. The molecule has 0 aliphatic rings. The second-order valence-corrected chi connectivity index (χ2v) is 6.47. The normalized spacial score (nSPS) is 12.7. The number of nitrogens with one attached hydrogen (secondary N) is 1. The second kappa shape index (κ2) is 8.98. The van der Waals surface area contributed by atoms with Crippen molar-refractivity contribution in [3.8, 4) is 5.75 Å². The first-order valence-electron chi connectivity index (χ1n) is 8.59. The van der Waals surface area contributed by atoms with E-state index in [9.17, 15) is 19.5 Å². The topological polar surface area (TPSA) is 92.7 Å². The van der Waals surface area contributed by atoms with Crippen molar-refractivity contribution in [2.24, 2.45) is 0 Å². The highest BCUT2D eigenvalue weighted by Crippen LogP contribution is 2.28. The molecule has 6 heteroatoms. The van der Waals surface area contributed by atoms with Crippen molar-refractivity contribution in [3.63, 3.8) is 0 Å². The number of hydrogen-bond donors (Lipinski definition) is 2. The van der Waals surface area contributed by atoms with Gasteiger partial charge >= 0.3 is 5.97 Å². The minimum absolute atomic E-state index is 0.0209. The van der Waals surface area contributed by atoms with Crippen molar-refractivity contribution < 1.29 is 24.2 Å². The van der Waals surface area contributed by atoms with Gasteiger partial charge in [-0.2, -0.15) is 0 Å². The minimum Gasteiger partial charge on any atom is -0.497 e. The molecule has 1 atom stereocenters. The third-order valence-electron chi connectivity index (χ3n) is 4.30. The molecule has 0 saturated carbocycles. The van der Waals surface area contributed by atoms with Crippen LogP contribution in [0.25, 0.3) is 0 Å². The first kappa shape index (κ1) is 20.2. The standard InChI is InChI=1S/C21H23NO5/c1-21(14-20(25)26,16-9-6-10-17(13-16)27-2)22-19(24)12-11-18(23)15-7-4-3-5-8-15/h3-10,13H,11-12,14H2,1-2H3,(H,22,24)(H,25,26). The highest BCUT2D eigenvalue weighted by molar-refractivity contribution is 5.98. The highest BCUT2D eigenvalue weighted by atomic mass is 16.5. The van der Waals surface area contributed by atoms with Gasteiger partial charge in [-0.3, -0.25) is 14.4 Å². The molecule has 0 heterocycles. The molecule has 1 amide bonds. The molecule has 0 aliphatic carbocycles. The van der Waals surface area contributed by atoms with E-state index in [0.717, 1.165) is 0 Å². The Bertz CT molecular complexity index is 818. The molecule has 6 nitrogen and oxygen atoms in total. The smallest absolute Gasteiger partial charge is 0.306 e. The molecule has 2 N–H and O–H groups in total. The summed E-state index contributed by atoms with van der Waals surface area (Å²) in [5.74, 6) is -0.989. The fourth-order valence-corrected chi connectivity index (χ4v) is 2.85. The number of ether oxygens (including phenoxy) is 1.